The number of carbonyl (C=O) groups excluding carboxylic acids is 1. The molecule has 0 spiro atoms. The van der Waals surface area contributed by atoms with Gasteiger partial charge in [0.05, 0.1) is 23.6 Å². The predicted molar refractivity (Wildman–Crippen MR) is 129 cm³/mol. The highest BCUT2D eigenvalue weighted by Crippen LogP contribution is 2.40. The molecule has 0 amide bonds. The minimum atomic E-state index is -0.335. The second kappa shape index (κ2) is 8.52. The van der Waals surface area contributed by atoms with Crippen molar-refractivity contribution in [2.75, 3.05) is 0 Å². The van der Waals surface area contributed by atoms with Gasteiger partial charge >= 0.3 is 0 Å². The highest BCUT2D eigenvalue weighted by molar-refractivity contribution is 6.09. The molecule has 1 fully saturated rings. The standard InChI is InChI=1S/C28H26FN3O2/c1-17-12-22(8-11-26(17)31-14-18(2)30-16-31)27(33)25-13-23(21-4-5-21)15-32(28(25)34)19(3)20-6-9-24(29)10-7-20/h6-16,19,21H,4-5H2,1-3H3. The highest BCUT2D eigenvalue weighted by Gasteiger charge is 2.28. The van der Waals surface area contributed by atoms with Crippen LogP contribution in [-0.4, -0.2) is 19.9 Å². The number of aryl methyl sites for hydroxylation is 2. The number of hydrogen-bond donors (Lipinski definition) is 0. The number of halogens is 1. The van der Waals surface area contributed by atoms with Gasteiger partial charge in [-0.1, -0.05) is 12.1 Å². The molecule has 0 bridgehead atoms. The predicted octanol–water partition coefficient (Wildman–Crippen LogP) is 5.51. The van der Waals surface area contributed by atoms with E-state index in [9.17, 15) is 14.0 Å². The maximum absolute atomic E-state index is 13.5. The molecule has 2 aromatic carbocycles. The molecule has 2 heterocycles. The molecule has 2 aromatic heterocycles. The Bertz CT molecular complexity index is 1450. The molecular weight excluding hydrogens is 429 g/mol. The van der Waals surface area contributed by atoms with Crippen molar-refractivity contribution in [3.8, 4) is 5.69 Å². The Morgan fingerprint density at radius 1 is 1.06 bits per heavy atom. The van der Waals surface area contributed by atoms with Crippen molar-refractivity contribution in [1.82, 2.24) is 14.1 Å². The van der Waals surface area contributed by atoms with E-state index in [0.717, 1.165) is 40.9 Å². The number of benzene rings is 2. The average Bonchev–Trinajstić information content (AvgIpc) is 3.59. The van der Waals surface area contributed by atoms with Gasteiger partial charge in [-0.25, -0.2) is 9.37 Å². The van der Waals surface area contributed by atoms with Crippen LogP contribution in [0.25, 0.3) is 5.69 Å². The molecule has 0 aliphatic heterocycles. The summed E-state index contributed by atoms with van der Waals surface area (Å²) in [7, 11) is 0. The summed E-state index contributed by atoms with van der Waals surface area (Å²) >= 11 is 0. The second-order valence-electron chi connectivity index (χ2n) is 9.15. The molecule has 1 unspecified atom stereocenters. The Kier molecular flexibility index (Phi) is 5.52. The van der Waals surface area contributed by atoms with E-state index in [2.05, 4.69) is 4.98 Å². The summed E-state index contributed by atoms with van der Waals surface area (Å²) < 4.78 is 17.0. The second-order valence-corrected chi connectivity index (χ2v) is 9.15. The van der Waals surface area contributed by atoms with Gasteiger partial charge in [-0.05, 0) is 92.6 Å². The Morgan fingerprint density at radius 2 is 1.79 bits per heavy atom. The first kappa shape index (κ1) is 22.0. The van der Waals surface area contributed by atoms with Crippen LogP contribution < -0.4 is 5.56 Å². The van der Waals surface area contributed by atoms with Gasteiger partial charge in [0.2, 0.25) is 0 Å². The fraction of sp³-hybridized carbons (Fsp3) is 0.250. The number of hydrogen-bond acceptors (Lipinski definition) is 3. The molecule has 0 saturated heterocycles. The number of pyridine rings is 1. The van der Waals surface area contributed by atoms with Crippen molar-refractivity contribution < 1.29 is 9.18 Å². The van der Waals surface area contributed by atoms with Crippen LogP contribution in [0, 0.1) is 19.7 Å². The number of rotatable bonds is 6. The summed E-state index contributed by atoms with van der Waals surface area (Å²) in [5.41, 5.74) is 4.89. The quantitative estimate of drug-likeness (QED) is 0.360. The highest BCUT2D eigenvalue weighted by atomic mass is 19.1. The van der Waals surface area contributed by atoms with E-state index in [1.165, 1.54) is 12.1 Å². The van der Waals surface area contributed by atoms with Crippen molar-refractivity contribution in [3.05, 3.63) is 117 Å². The number of nitrogens with zero attached hydrogens (tertiary/aromatic N) is 3. The smallest absolute Gasteiger partial charge is 0.262 e. The van der Waals surface area contributed by atoms with Gasteiger partial charge in [0.1, 0.15) is 5.82 Å². The molecule has 1 aliphatic rings. The Hall–Kier alpha value is -3.80. The molecule has 172 valence electrons. The zero-order valence-electron chi connectivity index (χ0n) is 19.5. The van der Waals surface area contributed by atoms with Crippen LogP contribution in [0.3, 0.4) is 0 Å². The van der Waals surface area contributed by atoms with Crippen molar-refractivity contribution >= 4 is 5.78 Å². The normalized spacial score (nSPS) is 14.2. The van der Waals surface area contributed by atoms with Gasteiger partial charge in [0.25, 0.3) is 5.56 Å². The summed E-state index contributed by atoms with van der Waals surface area (Å²) in [6.07, 6.45) is 7.64. The van der Waals surface area contributed by atoms with Crippen molar-refractivity contribution in [1.29, 1.82) is 0 Å². The fourth-order valence-corrected chi connectivity index (χ4v) is 4.41. The first-order valence-corrected chi connectivity index (χ1v) is 11.5. The van der Waals surface area contributed by atoms with Gasteiger partial charge in [-0.2, -0.15) is 0 Å². The first-order chi connectivity index (χ1) is 16.3. The minimum Gasteiger partial charge on any atom is -0.307 e. The maximum atomic E-state index is 13.5. The summed E-state index contributed by atoms with van der Waals surface area (Å²) in [6.45, 7) is 5.76. The fourth-order valence-electron chi connectivity index (χ4n) is 4.41. The molecule has 0 N–H and O–H groups in total. The molecule has 4 aromatic rings. The van der Waals surface area contributed by atoms with Gasteiger partial charge in [-0.15, -0.1) is 0 Å². The lowest BCUT2D eigenvalue weighted by Crippen LogP contribution is -2.29. The third kappa shape index (κ3) is 4.12. The summed E-state index contributed by atoms with van der Waals surface area (Å²) in [5, 5.41) is 0. The van der Waals surface area contributed by atoms with Crippen LogP contribution in [-0.2, 0) is 0 Å². The Balaban J connectivity index is 1.55. The number of imidazole rings is 1. The van der Waals surface area contributed by atoms with E-state index in [-0.39, 0.29) is 28.8 Å². The van der Waals surface area contributed by atoms with Crippen LogP contribution in [0.5, 0.6) is 0 Å². The van der Waals surface area contributed by atoms with Gasteiger partial charge < -0.3 is 9.13 Å². The molecule has 0 radical (unpaired) electrons. The van der Waals surface area contributed by atoms with Gasteiger partial charge in [-0.3, -0.25) is 9.59 Å². The van der Waals surface area contributed by atoms with E-state index in [1.54, 1.807) is 35.2 Å². The lowest BCUT2D eigenvalue weighted by molar-refractivity contribution is 0.103. The zero-order chi connectivity index (χ0) is 24.0. The molecule has 1 aliphatic carbocycles. The average molecular weight is 456 g/mol. The SMILES string of the molecule is Cc1cn(-c2ccc(C(=O)c3cc(C4CC4)cn(C(C)c4ccc(F)cc4)c3=O)cc2C)cn1. The van der Waals surface area contributed by atoms with Crippen LogP contribution >= 0.6 is 0 Å². The molecule has 6 heteroatoms. The molecule has 1 saturated carbocycles. The van der Waals surface area contributed by atoms with E-state index in [0.29, 0.717) is 11.5 Å². The number of carbonyl (C=O) groups is 1. The van der Waals surface area contributed by atoms with Crippen molar-refractivity contribution in [2.24, 2.45) is 0 Å². The molecular formula is C28H26FN3O2. The third-order valence-electron chi connectivity index (χ3n) is 6.58. The van der Waals surface area contributed by atoms with Crippen LogP contribution in [0.1, 0.15) is 70.0 Å². The van der Waals surface area contributed by atoms with Crippen LogP contribution in [0.15, 0.2) is 72.0 Å². The summed E-state index contributed by atoms with van der Waals surface area (Å²) in [4.78, 5) is 31.3. The Labute approximate surface area is 197 Å². The van der Waals surface area contributed by atoms with Crippen LogP contribution in [0.4, 0.5) is 4.39 Å². The van der Waals surface area contributed by atoms with E-state index < -0.39 is 0 Å². The van der Waals surface area contributed by atoms with Gasteiger partial charge in [0.15, 0.2) is 5.78 Å². The Morgan fingerprint density at radius 3 is 2.41 bits per heavy atom. The monoisotopic (exact) mass is 455 g/mol. The van der Waals surface area contributed by atoms with E-state index in [1.807, 2.05) is 49.9 Å². The molecule has 34 heavy (non-hydrogen) atoms. The summed E-state index contributed by atoms with van der Waals surface area (Å²) in [5.74, 6) is -0.244. The molecule has 5 rings (SSSR count). The lowest BCUT2D eigenvalue weighted by atomic mass is 9.99. The van der Waals surface area contributed by atoms with Crippen molar-refractivity contribution in [2.45, 2.75) is 45.6 Å². The maximum Gasteiger partial charge on any atom is 0.262 e. The largest absolute Gasteiger partial charge is 0.307 e. The number of ketones is 1. The lowest BCUT2D eigenvalue weighted by Gasteiger charge is -2.18. The molecule has 1 atom stereocenters. The van der Waals surface area contributed by atoms with Crippen LogP contribution in [0.2, 0.25) is 0 Å². The first-order valence-electron chi connectivity index (χ1n) is 11.5. The van der Waals surface area contributed by atoms with Crippen molar-refractivity contribution in [3.63, 3.8) is 0 Å². The molecule has 5 nitrogen and oxygen atoms in total. The van der Waals surface area contributed by atoms with E-state index >= 15 is 0 Å². The third-order valence-corrected chi connectivity index (χ3v) is 6.58. The summed E-state index contributed by atoms with van der Waals surface area (Å²) in [6, 6.07) is 13.0. The number of aromatic nitrogens is 3. The van der Waals surface area contributed by atoms with Gasteiger partial charge in [0, 0.05) is 23.6 Å². The topological polar surface area (TPSA) is 56.9 Å². The zero-order valence-corrected chi connectivity index (χ0v) is 19.5. The minimum absolute atomic E-state index is 0.170. The van der Waals surface area contributed by atoms with E-state index in [4.69, 9.17) is 0 Å².